The average Bonchev–Trinajstić information content (AvgIpc) is 3.10. The maximum absolute atomic E-state index is 13.6. The van der Waals surface area contributed by atoms with Crippen molar-refractivity contribution >= 4 is 11.8 Å². The molecule has 2 amide bonds. The number of piperazine rings is 1. The van der Waals surface area contributed by atoms with Gasteiger partial charge in [-0.2, -0.15) is 0 Å². The molecule has 0 aliphatic carbocycles. The van der Waals surface area contributed by atoms with E-state index in [1.54, 1.807) is 0 Å². The molecule has 0 spiro atoms. The number of benzene rings is 1. The molecule has 1 fully saturated rings. The Kier molecular flexibility index (Phi) is 6.92. The average molecular weight is 406 g/mol. The van der Waals surface area contributed by atoms with Crippen molar-refractivity contribution in [3.63, 3.8) is 0 Å². The summed E-state index contributed by atoms with van der Waals surface area (Å²) >= 11 is 0. The molecule has 0 bridgehead atoms. The van der Waals surface area contributed by atoms with Crippen LogP contribution in [0.2, 0.25) is 0 Å². The Balaban J connectivity index is 1.34. The number of aryl methyl sites for hydroxylation is 1. The van der Waals surface area contributed by atoms with Crippen molar-refractivity contribution < 1.29 is 22.9 Å². The van der Waals surface area contributed by atoms with E-state index in [4.69, 9.17) is 4.52 Å². The van der Waals surface area contributed by atoms with Crippen LogP contribution in [0.4, 0.5) is 8.78 Å². The lowest BCUT2D eigenvalue weighted by Crippen LogP contribution is -2.48. The molecular weight excluding hydrogens is 382 g/mol. The standard InChI is InChI=1S/C20H24F2N4O3/c1-14-11-16(29-24-14)13-25-7-9-26(10-8-25)19(27)3-2-6-23-20(28)17-5-4-15(21)12-18(17)22/h4-5,11-12H,2-3,6-10,13H2,1H3,(H,23,28). The predicted octanol–water partition coefficient (Wildman–Crippen LogP) is 2.12. The zero-order valence-corrected chi connectivity index (χ0v) is 16.3. The van der Waals surface area contributed by atoms with Crippen molar-refractivity contribution in [2.24, 2.45) is 0 Å². The molecule has 2 aromatic rings. The first-order valence-electron chi connectivity index (χ1n) is 9.58. The second kappa shape index (κ2) is 9.60. The Morgan fingerprint density at radius 3 is 2.59 bits per heavy atom. The third kappa shape index (κ3) is 5.83. The van der Waals surface area contributed by atoms with Crippen LogP contribution in [0.25, 0.3) is 0 Å². The number of carbonyl (C=O) groups is 2. The molecule has 9 heteroatoms. The summed E-state index contributed by atoms with van der Waals surface area (Å²) in [6.45, 7) is 5.58. The van der Waals surface area contributed by atoms with Gasteiger partial charge in [-0.3, -0.25) is 14.5 Å². The number of hydrogen-bond donors (Lipinski definition) is 1. The second-order valence-corrected chi connectivity index (χ2v) is 7.08. The number of rotatable bonds is 7. The topological polar surface area (TPSA) is 78.7 Å². The molecule has 0 atom stereocenters. The highest BCUT2D eigenvalue weighted by Gasteiger charge is 2.21. The van der Waals surface area contributed by atoms with Gasteiger partial charge in [0.1, 0.15) is 11.6 Å². The molecule has 0 radical (unpaired) electrons. The maximum atomic E-state index is 13.6. The first kappa shape index (κ1) is 20.9. The lowest BCUT2D eigenvalue weighted by atomic mass is 10.2. The van der Waals surface area contributed by atoms with Crippen molar-refractivity contribution in [1.29, 1.82) is 0 Å². The first-order valence-corrected chi connectivity index (χ1v) is 9.58. The molecule has 7 nitrogen and oxygen atoms in total. The molecule has 2 heterocycles. The third-order valence-corrected chi connectivity index (χ3v) is 4.81. The number of nitrogens with zero attached hydrogens (tertiary/aromatic N) is 3. The van der Waals surface area contributed by atoms with Crippen molar-refractivity contribution in [3.05, 3.63) is 52.9 Å². The molecule has 1 aliphatic rings. The predicted molar refractivity (Wildman–Crippen MR) is 101 cm³/mol. The third-order valence-electron chi connectivity index (χ3n) is 4.81. The Morgan fingerprint density at radius 1 is 1.17 bits per heavy atom. The minimum absolute atomic E-state index is 0.0300. The van der Waals surface area contributed by atoms with E-state index in [-0.39, 0.29) is 18.0 Å². The minimum atomic E-state index is -0.906. The first-order chi connectivity index (χ1) is 13.9. The highest BCUT2D eigenvalue weighted by atomic mass is 19.1. The summed E-state index contributed by atoms with van der Waals surface area (Å²) in [4.78, 5) is 28.3. The number of aromatic nitrogens is 1. The van der Waals surface area contributed by atoms with Gasteiger partial charge >= 0.3 is 0 Å². The number of nitrogens with one attached hydrogen (secondary N) is 1. The van der Waals surface area contributed by atoms with Gasteiger partial charge in [-0.05, 0) is 25.5 Å². The normalized spacial score (nSPS) is 14.8. The summed E-state index contributed by atoms with van der Waals surface area (Å²) in [5, 5.41) is 6.43. The Hall–Kier alpha value is -2.81. The van der Waals surface area contributed by atoms with Gasteiger partial charge in [0.05, 0.1) is 17.8 Å². The Labute approximate surface area is 167 Å². The van der Waals surface area contributed by atoms with Crippen LogP contribution in [0.5, 0.6) is 0 Å². The van der Waals surface area contributed by atoms with Crippen LogP contribution in [-0.4, -0.2) is 59.5 Å². The highest BCUT2D eigenvalue weighted by molar-refractivity contribution is 5.94. The van der Waals surface area contributed by atoms with Crippen LogP contribution >= 0.6 is 0 Å². The van der Waals surface area contributed by atoms with E-state index in [9.17, 15) is 18.4 Å². The number of hydrogen-bond acceptors (Lipinski definition) is 5. The van der Waals surface area contributed by atoms with Crippen molar-refractivity contribution in [2.75, 3.05) is 32.7 Å². The van der Waals surface area contributed by atoms with Crippen LogP contribution in [0.15, 0.2) is 28.8 Å². The van der Waals surface area contributed by atoms with Gasteiger partial charge in [0.15, 0.2) is 5.76 Å². The summed E-state index contributed by atoms with van der Waals surface area (Å²) in [5.74, 6) is -1.41. The summed E-state index contributed by atoms with van der Waals surface area (Å²) in [7, 11) is 0. The lowest BCUT2D eigenvalue weighted by molar-refractivity contribution is -0.133. The minimum Gasteiger partial charge on any atom is -0.360 e. The molecule has 1 aliphatic heterocycles. The largest absolute Gasteiger partial charge is 0.360 e. The summed E-state index contributed by atoms with van der Waals surface area (Å²) in [6, 6.07) is 4.71. The van der Waals surface area contributed by atoms with Crippen LogP contribution in [-0.2, 0) is 11.3 Å². The monoisotopic (exact) mass is 406 g/mol. The number of amides is 2. The van der Waals surface area contributed by atoms with Gasteiger partial charge in [-0.25, -0.2) is 8.78 Å². The van der Waals surface area contributed by atoms with E-state index in [2.05, 4.69) is 15.4 Å². The highest BCUT2D eigenvalue weighted by Crippen LogP contribution is 2.11. The van der Waals surface area contributed by atoms with Crippen LogP contribution in [0.1, 0.15) is 34.7 Å². The zero-order valence-electron chi connectivity index (χ0n) is 16.3. The molecule has 1 aromatic heterocycles. The van der Waals surface area contributed by atoms with Gasteiger partial charge in [0.2, 0.25) is 5.91 Å². The Bertz CT molecular complexity index is 863. The van der Waals surface area contributed by atoms with E-state index in [1.165, 1.54) is 0 Å². The molecular formula is C20H24F2N4O3. The van der Waals surface area contributed by atoms with E-state index >= 15 is 0 Å². The molecule has 29 heavy (non-hydrogen) atoms. The molecule has 156 valence electrons. The van der Waals surface area contributed by atoms with Crippen molar-refractivity contribution in [2.45, 2.75) is 26.3 Å². The fraction of sp³-hybridized carbons (Fsp3) is 0.450. The van der Waals surface area contributed by atoms with E-state index < -0.39 is 17.5 Å². The van der Waals surface area contributed by atoms with Crippen molar-refractivity contribution in [1.82, 2.24) is 20.3 Å². The summed E-state index contributed by atoms with van der Waals surface area (Å²) < 4.78 is 31.7. The molecule has 0 saturated carbocycles. The van der Waals surface area contributed by atoms with Gasteiger partial charge in [-0.15, -0.1) is 0 Å². The lowest BCUT2D eigenvalue weighted by Gasteiger charge is -2.34. The number of halogens is 2. The van der Waals surface area contributed by atoms with E-state index in [0.29, 0.717) is 38.5 Å². The van der Waals surface area contributed by atoms with Crippen molar-refractivity contribution in [3.8, 4) is 0 Å². The second-order valence-electron chi connectivity index (χ2n) is 7.08. The maximum Gasteiger partial charge on any atom is 0.254 e. The molecule has 0 unspecified atom stereocenters. The van der Waals surface area contributed by atoms with Gasteiger partial charge in [0.25, 0.3) is 5.91 Å². The number of carbonyl (C=O) groups excluding carboxylic acids is 2. The smallest absolute Gasteiger partial charge is 0.254 e. The van der Waals surface area contributed by atoms with Gasteiger partial charge in [0, 0.05) is 51.3 Å². The van der Waals surface area contributed by atoms with Crippen LogP contribution < -0.4 is 5.32 Å². The quantitative estimate of drug-likeness (QED) is 0.713. The van der Waals surface area contributed by atoms with Gasteiger partial charge < -0.3 is 14.7 Å². The molecule has 1 aromatic carbocycles. The summed E-state index contributed by atoms with van der Waals surface area (Å²) in [6.07, 6.45) is 0.748. The summed E-state index contributed by atoms with van der Waals surface area (Å²) in [5.41, 5.74) is 0.638. The fourth-order valence-electron chi connectivity index (χ4n) is 3.24. The molecule has 1 saturated heterocycles. The molecule has 1 N–H and O–H groups in total. The SMILES string of the molecule is Cc1cc(CN2CCN(C(=O)CCCNC(=O)c3ccc(F)cc3F)CC2)on1. The Morgan fingerprint density at radius 2 is 1.93 bits per heavy atom. The van der Waals surface area contributed by atoms with E-state index in [0.717, 1.165) is 36.7 Å². The van der Waals surface area contributed by atoms with Crippen LogP contribution in [0.3, 0.4) is 0 Å². The zero-order chi connectivity index (χ0) is 20.8. The van der Waals surface area contributed by atoms with Gasteiger partial charge in [-0.1, -0.05) is 5.16 Å². The fourth-order valence-corrected chi connectivity index (χ4v) is 3.24. The van der Waals surface area contributed by atoms with Crippen LogP contribution in [0, 0.1) is 18.6 Å². The molecule has 3 rings (SSSR count). The van der Waals surface area contributed by atoms with E-state index in [1.807, 2.05) is 17.9 Å².